The van der Waals surface area contributed by atoms with Crippen molar-refractivity contribution in [1.82, 2.24) is 24.8 Å². The standard InChI is InChI=1S/C8H7F3N6O2/c9-8(10,11)5-16-6(1-12-14-16)3-15-4-7(2-13-15)17(18)19/h1-2,4H,3,5H2. The molecule has 0 bridgehead atoms. The molecule has 2 rings (SSSR count). The zero-order valence-corrected chi connectivity index (χ0v) is 9.28. The van der Waals surface area contributed by atoms with Gasteiger partial charge in [0.2, 0.25) is 0 Å². The van der Waals surface area contributed by atoms with Crippen LogP contribution >= 0.6 is 0 Å². The Labute approximate surface area is 103 Å². The predicted octanol–water partition coefficient (Wildman–Crippen LogP) is 0.993. The number of hydrogen-bond acceptors (Lipinski definition) is 5. The summed E-state index contributed by atoms with van der Waals surface area (Å²) >= 11 is 0. The summed E-state index contributed by atoms with van der Waals surface area (Å²) < 4.78 is 38.6. The summed E-state index contributed by atoms with van der Waals surface area (Å²) in [5.41, 5.74) is -0.0924. The van der Waals surface area contributed by atoms with E-state index in [-0.39, 0.29) is 17.9 Å². The Balaban J connectivity index is 2.15. The van der Waals surface area contributed by atoms with E-state index in [4.69, 9.17) is 0 Å². The maximum absolute atomic E-state index is 12.2. The summed E-state index contributed by atoms with van der Waals surface area (Å²) in [4.78, 5) is 9.80. The zero-order valence-electron chi connectivity index (χ0n) is 9.28. The minimum atomic E-state index is -4.42. The summed E-state index contributed by atoms with van der Waals surface area (Å²) in [7, 11) is 0. The topological polar surface area (TPSA) is 91.7 Å². The first-order valence-electron chi connectivity index (χ1n) is 4.96. The Bertz CT molecular complexity index is 589. The van der Waals surface area contributed by atoms with Gasteiger partial charge in [-0.2, -0.15) is 18.3 Å². The number of alkyl halides is 3. The molecule has 102 valence electrons. The second-order valence-corrected chi connectivity index (χ2v) is 3.65. The molecule has 0 saturated carbocycles. The van der Waals surface area contributed by atoms with Gasteiger partial charge in [0.15, 0.2) is 0 Å². The lowest BCUT2D eigenvalue weighted by Gasteiger charge is -2.08. The van der Waals surface area contributed by atoms with Crippen LogP contribution in [0, 0.1) is 10.1 Å². The normalized spacial score (nSPS) is 11.7. The number of nitro groups is 1. The maximum Gasteiger partial charge on any atom is 0.408 e. The highest BCUT2D eigenvalue weighted by Crippen LogP contribution is 2.18. The van der Waals surface area contributed by atoms with Crippen LogP contribution in [0.3, 0.4) is 0 Å². The number of halogens is 3. The second kappa shape index (κ2) is 4.66. The Morgan fingerprint density at radius 2 is 2.11 bits per heavy atom. The molecule has 2 heterocycles. The lowest BCUT2D eigenvalue weighted by Crippen LogP contribution is -2.21. The van der Waals surface area contributed by atoms with Gasteiger partial charge in [0, 0.05) is 0 Å². The minimum Gasteiger partial charge on any atom is -0.260 e. The predicted molar refractivity (Wildman–Crippen MR) is 54.1 cm³/mol. The highest BCUT2D eigenvalue weighted by molar-refractivity contribution is 5.21. The van der Waals surface area contributed by atoms with Crippen LogP contribution in [0.4, 0.5) is 18.9 Å². The fourth-order valence-electron chi connectivity index (χ4n) is 1.40. The van der Waals surface area contributed by atoms with Gasteiger partial charge in [0.1, 0.15) is 18.9 Å². The SMILES string of the molecule is O=[N+]([O-])c1cnn(Cc2cnnn2CC(F)(F)F)c1. The van der Waals surface area contributed by atoms with Gasteiger partial charge in [-0.25, -0.2) is 4.68 Å². The van der Waals surface area contributed by atoms with Gasteiger partial charge in [-0.05, 0) is 0 Å². The molecule has 0 atom stereocenters. The van der Waals surface area contributed by atoms with E-state index >= 15 is 0 Å². The van der Waals surface area contributed by atoms with Crippen LogP contribution in [0.2, 0.25) is 0 Å². The molecule has 0 unspecified atom stereocenters. The van der Waals surface area contributed by atoms with Crippen molar-refractivity contribution in [2.45, 2.75) is 19.3 Å². The van der Waals surface area contributed by atoms with E-state index in [9.17, 15) is 23.3 Å². The monoisotopic (exact) mass is 276 g/mol. The van der Waals surface area contributed by atoms with Crippen LogP contribution in [0.1, 0.15) is 5.69 Å². The molecule has 0 radical (unpaired) electrons. The Hall–Kier alpha value is -2.46. The molecule has 2 aromatic heterocycles. The number of hydrogen-bond donors (Lipinski definition) is 0. The molecule has 0 aliphatic heterocycles. The Morgan fingerprint density at radius 1 is 1.37 bits per heavy atom. The summed E-state index contributed by atoms with van der Waals surface area (Å²) in [6.07, 6.45) is -1.14. The Kier molecular flexibility index (Phi) is 3.19. The van der Waals surface area contributed by atoms with Gasteiger partial charge in [-0.1, -0.05) is 5.21 Å². The van der Waals surface area contributed by atoms with Crippen LogP contribution in [0.15, 0.2) is 18.6 Å². The van der Waals surface area contributed by atoms with Gasteiger partial charge >= 0.3 is 11.9 Å². The average Bonchev–Trinajstić information content (AvgIpc) is 2.87. The Morgan fingerprint density at radius 3 is 2.68 bits per heavy atom. The highest BCUT2D eigenvalue weighted by Gasteiger charge is 2.29. The molecule has 0 N–H and O–H groups in total. The van der Waals surface area contributed by atoms with Crippen molar-refractivity contribution in [3.8, 4) is 0 Å². The van der Waals surface area contributed by atoms with E-state index in [1.807, 2.05) is 0 Å². The van der Waals surface area contributed by atoms with Gasteiger partial charge in [0.05, 0.1) is 23.4 Å². The summed E-state index contributed by atoms with van der Waals surface area (Å²) in [6.45, 7) is -1.36. The summed E-state index contributed by atoms with van der Waals surface area (Å²) in [5, 5.41) is 20.8. The molecule has 8 nitrogen and oxygen atoms in total. The third-order valence-electron chi connectivity index (χ3n) is 2.18. The van der Waals surface area contributed by atoms with Gasteiger partial charge in [-0.3, -0.25) is 14.8 Å². The second-order valence-electron chi connectivity index (χ2n) is 3.65. The van der Waals surface area contributed by atoms with E-state index in [2.05, 4.69) is 15.4 Å². The highest BCUT2D eigenvalue weighted by atomic mass is 19.4. The lowest BCUT2D eigenvalue weighted by molar-refractivity contribution is -0.385. The van der Waals surface area contributed by atoms with E-state index in [0.29, 0.717) is 4.68 Å². The average molecular weight is 276 g/mol. The summed E-state index contributed by atoms with van der Waals surface area (Å²) in [6, 6.07) is 0. The van der Waals surface area contributed by atoms with E-state index < -0.39 is 17.6 Å². The number of aromatic nitrogens is 5. The van der Waals surface area contributed by atoms with Crippen LogP contribution in [0.5, 0.6) is 0 Å². The zero-order chi connectivity index (χ0) is 14.0. The fraction of sp³-hybridized carbons (Fsp3) is 0.375. The van der Waals surface area contributed by atoms with Crippen molar-refractivity contribution in [2.75, 3.05) is 0 Å². The fourth-order valence-corrected chi connectivity index (χ4v) is 1.40. The van der Waals surface area contributed by atoms with Crippen molar-refractivity contribution in [3.63, 3.8) is 0 Å². The van der Waals surface area contributed by atoms with Gasteiger partial charge in [-0.15, -0.1) is 5.10 Å². The molecule has 0 aromatic carbocycles. The molecule has 0 spiro atoms. The molecule has 19 heavy (non-hydrogen) atoms. The molecule has 0 fully saturated rings. The number of nitrogens with zero attached hydrogens (tertiary/aromatic N) is 6. The van der Waals surface area contributed by atoms with Crippen molar-refractivity contribution in [1.29, 1.82) is 0 Å². The van der Waals surface area contributed by atoms with E-state index in [1.54, 1.807) is 0 Å². The maximum atomic E-state index is 12.2. The minimum absolute atomic E-state index is 0.0864. The van der Waals surface area contributed by atoms with Crippen LogP contribution < -0.4 is 0 Å². The first-order valence-corrected chi connectivity index (χ1v) is 4.96. The van der Waals surface area contributed by atoms with E-state index in [0.717, 1.165) is 23.3 Å². The van der Waals surface area contributed by atoms with Crippen molar-refractivity contribution in [3.05, 3.63) is 34.4 Å². The van der Waals surface area contributed by atoms with Crippen molar-refractivity contribution < 1.29 is 18.1 Å². The summed E-state index contributed by atoms with van der Waals surface area (Å²) in [5.74, 6) is 0. The van der Waals surface area contributed by atoms with Crippen molar-refractivity contribution >= 4 is 5.69 Å². The third-order valence-corrected chi connectivity index (χ3v) is 2.18. The smallest absolute Gasteiger partial charge is 0.260 e. The lowest BCUT2D eigenvalue weighted by atomic mass is 10.4. The van der Waals surface area contributed by atoms with Crippen LogP contribution in [-0.2, 0) is 13.1 Å². The van der Waals surface area contributed by atoms with Crippen molar-refractivity contribution in [2.24, 2.45) is 0 Å². The molecule has 11 heteroatoms. The molecule has 2 aromatic rings. The first kappa shape index (κ1) is 13.0. The first-order chi connectivity index (χ1) is 8.85. The van der Waals surface area contributed by atoms with E-state index in [1.165, 1.54) is 0 Å². The molecular formula is C8H7F3N6O2. The quantitative estimate of drug-likeness (QED) is 0.613. The molecular weight excluding hydrogens is 269 g/mol. The molecule has 0 amide bonds. The van der Waals surface area contributed by atoms with Crippen LogP contribution in [-0.4, -0.2) is 35.9 Å². The molecule has 0 aliphatic rings. The molecule has 0 aliphatic carbocycles. The number of rotatable bonds is 4. The van der Waals surface area contributed by atoms with Gasteiger partial charge < -0.3 is 0 Å². The third kappa shape index (κ3) is 3.26. The largest absolute Gasteiger partial charge is 0.408 e. The van der Waals surface area contributed by atoms with Crippen LogP contribution in [0.25, 0.3) is 0 Å². The molecule has 0 saturated heterocycles. The van der Waals surface area contributed by atoms with Gasteiger partial charge in [0.25, 0.3) is 0 Å².